The molecule has 15 nitrogen and oxygen atoms in total. The number of anilines is 1. The Balaban J connectivity index is 1.08. The number of H-pyrrole nitrogens is 1. The third kappa shape index (κ3) is 12.0. The summed E-state index contributed by atoms with van der Waals surface area (Å²) < 4.78 is 25.2. The van der Waals surface area contributed by atoms with Gasteiger partial charge in [-0.05, 0) is 56.7 Å². The molecule has 0 fully saturated rings. The van der Waals surface area contributed by atoms with Crippen molar-refractivity contribution in [1.82, 2.24) is 36.4 Å². The highest BCUT2D eigenvalue weighted by atomic mass is 19.1. The molecule has 6 N–H and O–H groups in total. The highest BCUT2D eigenvalue weighted by Gasteiger charge is 2.20. The van der Waals surface area contributed by atoms with Crippen molar-refractivity contribution >= 4 is 40.3 Å². The van der Waals surface area contributed by atoms with E-state index in [4.69, 9.17) is 9.47 Å². The van der Waals surface area contributed by atoms with Crippen LogP contribution in [0.3, 0.4) is 0 Å². The van der Waals surface area contributed by atoms with Crippen LogP contribution in [0, 0.1) is 5.82 Å². The molecule has 0 saturated carbocycles. The number of nitrogens with zero attached hydrogens (tertiary/aromatic N) is 2. The van der Waals surface area contributed by atoms with E-state index in [1.165, 1.54) is 18.3 Å². The van der Waals surface area contributed by atoms with Gasteiger partial charge in [-0.15, -0.1) is 0 Å². The summed E-state index contributed by atoms with van der Waals surface area (Å²) in [6.07, 6.45) is 0.999. The number of carbonyl (C=O) groups is 4. The molecule has 0 atom stereocenters. The van der Waals surface area contributed by atoms with Crippen LogP contribution >= 0.6 is 0 Å². The number of hydrogen-bond donors (Lipinski definition) is 6. The molecule has 0 saturated heterocycles. The molecule has 4 rings (SSSR count). The number of amides is 4. The van der Waals surface area contributed by atoms with Gasteiger partial charge in [-0.3, -0.25) is 24.5 Å². The summed E-state index contributed by atoms with van der Waals surface area (Å²) in [5.74, 6) is -2.13. The van der Waals surface area contributed by atoms with Crippen molar-refractivity contribution < 1.29 is 33.0 Å². The van der Waals surface area contributed by atoms with Crippen molar-refractivity contribution in [2.24, 2.45) is 0 Å². The second-order valence-corrected chi connectivity index (χ2v) is 12.2. The lowest BCUT2D eigenvalue weighted by Gasteiger charge is -2.20. The average molecular weight is 705 g/mol. The fraction of sp³-hybridized carbons (Fsp3) is 0.343. The van der Waals surface area contributed by atoms with E-state index in [1.54, 1.807) is 63.2 Å². The smallest absolute Gasteiger partial charge is 0.412 e. The zero-order chi connectivity index (χ0) is 36.8. The van der Waals surface area contributed by atoms with Crippen LogP contribution in [0.25, 0.3) is 10.8 Å². The van der Waals surface area contributed by atoms with Gasteiger partial charge in [-0.25, -0.2) is 19.3 Å². The topological polar surface area (TPSA) is 206 Å². The first-order valence-corrected chi connectivity index (χ1v) is 16.2. The van der Waals surface area contributed by atoms with Gasteiger partial charge in [-0.1, -0.05) is 24.3 Å². The second-order valence-electron chi connectivity index (χ2n) is 12.2. The van der Waals surface area contributed by atoms with Gasteiger partial charge in [-0.2, -0.15) is 5.10 Å². The Hall–Kier alpha value is -5.74. The first-order chi connectivity index (χ1) is 24.4. The van der Waals surface area contributed by atoms with Gasteiger partial charge in [0.1, 0.15) is 11.4 Å². The quantitative estimate of drug-likeness (QED) is 0.0939. The standard InChI is InChI=1S/C35H41FN8O7/c1-35(2,3)51-34(49)42-27-9-6-12-39-30(27)33(48)41-16-18-50-17-15-37-21-29(45)38-13-14-40-31(46)25-19-22(10-11-26(25)36)20-28-23-7-4-5-8-24(23)32(47)44-43-28/h4-12,19,37H,13-18,20-21H2,1-3H3,(H,38,45)(H,40,46)(H,41,48)(H,42,49)(H,44,47). The molecule has 270 valence electrons. The molecular weight excluding hydrogens is 663 g/mol. The average Bonchev–Trinajstić information content (AvgIpc) is 3.09. The summed E-state index contributed by atoms with van der Waals surface area (Å²) in [6, 6.07) is 14.3. The number of aromatic amines is 1. The molecule has 0 aliphatic heterocycles. The molecule has 0 unspecified atom stereocenters. The highest BCUT2D eigenvalue weighted by molar-refractivity contribution is 6.01. The normalized spacial score (nSPS) is 11.1. The maximum atomic E-state index is 14.5. The van der Waals surface area contributed by atoms with E-state index < -0.39 is 29.3 Å². The van der Waals surface area contributed by atoms with E-state index in [9.17, 15) is 28.4 Å². The highest BCUT2D eigenvalue weighted by Crippen LogP contribution is 2.19. The van der Waals surface area contributed by atoms with Crippen LogP contribution in [0.5, 0.6) is 0 Å². The van der Waals surface area contributed by atoms with Crippen LogP contribution < -0.4 is 32.1 Å². The Morgan fingerprint density at radius 1 is 0.863 bits per heavy atom. The van der Waals surface area contributed by atoms with E-state index >= 15 is 0 Å². The minimum atomic E-state index is -0.705. The van der Waals surface area contributed by atoms with Crippen molar-refractivity contribution in [3.05, 3.63) is 99.5 Å². The van der Waals surface area contributed by atoms with Crippen LogP contribution in [0.2, 0.25) is 0 Å². The Bertz CT molecular complexity index is 1910. The minimum Gasteiger partial charge on any atom is -0.444 e. The van der Waals surface area contributed by atoms with Crippen molar-refractivity contribution in [3.63, 3.8) is 0 Å². The fourth-order valence-corrected chi connectivity index (χ4v) is 4.76. The summed E-state index contributed by atoms with van der Waals surface area (Å²) >= 11 is 0. The number of fused-ring (bicyclic) bond motifs is 1. The fourth-order valence-electron chi connectivity index (χ4n) is 4.76. The third-order valence-corrected chi connectivity index (χ3v) is 7.05. The molecule has 2 heterocycles. The summed E-state index contributed by atoms with van der Waals surface area (Å²) in [5.41, 5.74) is 0.298. The lowest BCUT2D eigenvalue weighted by molar-refractivity contribution is -0.120. The lowest BCUT2D eigenvalue weighted by atomic mass is 10.0. The van der Waals surface area contributed by atoms with E-state index in [2.05, 4.69) is 41.8 Å². The predicted octanol–water partition coefficient (Wildman–Crippen LogP) is 2.28. The van der Waals surface area contributed by atoms with Crippen molar-refractivity contribution in [2.75, 3.05) is 51.3 Å². The van der Waals surface area contributed by atoms with Crippen LogP contribution in [-0.4, -0.2) is 90.5 Å². The number of halogens is 1. The zero-order valence-electron chi connectivity index (χ0n) is 28.6. The number of ether oxygens (including phenoxy) is 2. The number of benzene rings is 2. The van der Waals surface area contributed by atoms with Gasteiger partial charge in [0, 0.05) is 44.2 Å². The molecular formula is C35H41FN8O7. The summed E-state index contributed by atoms with van der Waals surface area (Å²) in [7, 11) is 0. The van der Waals surface area contributed by atoms with Crippen LogP contribution in [-0.2, 0) is 20.7 Å². The Morgan fingerprint density at radius 2 is 1.59 bits per heavy atom. The summed E-state index contributed by atoms with van der Waals surface area (Å²) in [5, 5.41) is 21.2. The van der Waals surface area contributed by atoms with Gasteiger partial charge in [0.25, 0.3) is 17.4 Å². The first-order valence-electron chi connectivity index (χ1n) is 16.2. The monoisotopic (exact) mass is 704 g/mol. The maximum Gasteiger partial charge on any atom is 0.412 e. The molecule has 0 aliphatic carbocycles. The van der Waals surface area contributed by atoms with Crippen molar-refractivity contribution in [3.8, 4) is 0 Å². The Labute approximate surface area is 293 Å². The first kappa shape index (κ1) is 38.1. The van der Waals surface area contributed by atoms with Crippen molar-refractivity contribution in [2.45, 2.75) is 32.8 Å². The summed E-state index contributed by atoms with van der Waals surface area (Å²) in [6.45, 7) is 6.41. The van der Waals surface area contributed by atoms with E-state index in [0.29, 0.717) is 28.6 Å². The largest absolute Gasteiger partial charge is 0.444 e. The number of aromatic nitrogens is 3. The van der Waals surface area contributed by atoms with E-state index in [1.807, 2.05) is 0 Å². The summed E-state index contributed by atoms with van der Waals surface area (Å²) in [4.78, 5) is 65.6. The molecule has 4 amide bonds. The predicted molar refractivity (Wildman–Crippen MR) is 187 cm³/mol. The zero-order valence-corrected chi connectivity index (χ0v) is 28.6. The van der Waals surface area contributed by atoms with Crippen LogP contribution in [0.1, 0.15) is 52.9 Å². The molecule has 2 aromatic carbocycles. The molecule has 16 heteroatoms. The lowest BCUT2D eigenvalue weighted by Crippen LogP contribution is -2.39. The van der Waals surface area contributed by atoms with Crippen LogP contribution in [0.4, 0.5) is 14.9 Å². The van der Waals surface area contributed by atoms with Gasteiger partial charge in [0.05, 0.1) is 42.1 Å². The molecule has 0 spiro atoms. The van der Waals surface area contributed by atoms with Crippen LogP contribution in [0.15, 0.2) is 65.6 Å². The number of hydrogen-bond acceptors (Lipinski definition) is 10. The molecule has 51 heavy (non-hydrogen) atoms. The molecule has 4 aromatic rings. The van der Waals surface area contributed by atoms with Gasteiger partial charge >= 0.3 is 6.09 Å². The number of rotatable bonds is 16. The van der Waals surface area contributed by atoms with Gasteiger partial charge < -0.3 is 30.7 Å². The number of pyridine rings is 1. The molecule has 0 aliphatic rings. The number of nitrogens with one attached hydrogen (secondary N) is 6. The second kappa shape index (κ2) is 18.3. The van der Waals surface area contributed by atoms with E-state index in [0.717, 1.165) is 0 Å². The molecule has 2 aromatic heterocycles. The molecule has 0 radical (unpaired) electrons. The van der Waals surface area contributed by atoms with Gasteiger partial charge in [0.2, 0.25) is 5.91 Å². The van der Waals surface area contributed by atoms with Gasteiger partial charge in [0.15, 0.2) is 5.69 Å². The number of carbonyl (C=O) groups excluding carboxylic acids is 4. The minimum absolute atomic E-state index is 0.00524. The van der Waals surface area contributed by atoms with Crippen molar-refractivity contribution in [1.29, 1.82) is 0 Å². The Morgan fingerprint density at radius 3 is 2.37 bits per heavy atom. The third-order valence-electron chi connectivity index (χ3n) is 7.05. The van der Waals surface area contributed by atoms with E-state index in [-0.39, 0.29) is 74.2 Å². The Kier molecular flexibility index (Phi) is 13.7. The SMILES string of the molecule is CC(C)(C)OC(=O)Nc1cccnc1C(=O)NCCOCCNCC(=O)NCCNC(=O)c1cc(Cc2n[nH]c(=O)c3ccccc23)ccc1F. The maximum absolute atomic E-state index is 14.5. The molecule has 0 bridgehead atoms.